The van der Waals surface area contributed by atoms with Crippen molar-refractivity contribution in [1.82, 2.24) is 4.90 Å². The summed E-state index contributed by atoms with van der Waals surface area (Å²) in [5.41, 5.74) is 0.635. The first-order valence-electron chi connectivity index (χ1n) is 7.27. The van der Waals surface area contributed by atoms with Crippen LogP contribution in [0, 0.1) is 0 Å². The lowest BCUT2D eigenvalue weighted by Gasteiger charge is -2.36. The van der Waals surface area contributed by atoms with Gasteiger partial charge in [0.15, 0.2) is 0 Å². The minimum Gasteiger partial charge on any atom is -0.491 e. The number of hydrogen-bond donors (Lipinski definition) is 0. The summed E-state index contributed by atoms with van der Waals surface area (Å²) in [5, 5.41) is 0. The quantitative estimate of drug-likeness (QED) is 0.803. The molecule has 0 spiro atoms. The van der Waals surface area contributed by atoms with Crippen molar-refractivity contribution in [3.63, 3.8) is 0 Å². The summed E-state index contributed by atoms with van der Waals surface area (Å²) in [5.74, 6) is 1.10. The van der Waals surface area contributed by atoms with Crippen LogP contribution in [0.3, 0.4) is 0 Å². The van der Waals surface area contributed by atoms with Crippen LogP contribution in [-0.4, -0.2) is 48.1 Å². The molecule has 2 atom stereocenters. The number of carbonyl (C=O) groups excluding carboxylic acids is 1. The van der Waals surface area contributed by atoms with Crippen molar-refractivity contribution in [2.24, 2.45) is 0 Å². The van der Waals surface area contributed by atoms with Gasteiger partial charge in [-0.05, 0) is 39.0 Å². The van der Waals surface area contributed by atoms with Crippen molar-refractivity contribution in [2.75, 3.05) is 19.0 Å². The topological polar surface area (TPSA) is 38.8 Å². The molecule has 4 nitrogen and oxygen atoms in total. The zero-order chi connectivity index (χ0) is 15.4. The molecule has 0 aromatic heterocycles. The van der Waals surface area contributed by atoms with E-state index in [1.54, 1.807) is 11.0 Å². The predicted molar refractivity (Wildman–Crippen MR) is 83.2 cm³/mol. The Morgan fingerprint density at radius 1 is 1.48 bits per heavy atom. The maximum Gasteiger partial charge on any atom is 0.254 e. The smallest absolute Gasteiger partial charge is 0.254 e. The summed E-state index contributed by atoms with van der Waals surface area (Å²) >= 11 is 5.86. The van der Waals surface area contributed by atoms with E-state index in [4.69, 9.17) is 21.1 Å². The van der Waals surface area contributed by atoms with Crippen molar-refractivity contribution in [3.05, 3.63) is 29.8 Å². The van der Waals surface area contributed by atoms with Gasteiger partial charge in [-0.15, -0.1) is 11.6 Å². The number of amides is 1. The number of rotatable bonds is 4. The van der Waals surface area contributed by atoms with E-state index in [0.717, 1.165) is 0 Å². The van der Waals surface area contributed by atoms with Crippen LogP contribution < -0.4 is 4.74 Å². The third kappa shape index (κ3) is 4.35. The Morgan fingerprint density at radius 2 is 2.24 bits per heavy atom. The molecule has 0 saturated carbocycles. The summed E-state index contributed by atoms with van der Waals surface area (Å²) in [6.07, 6.45) is -0.0181. The van der Waals surface area contributed by atoms with Crippen molar-refractivity contribution in [3.8, 4) is 5.75 Å². The third-order valence-corrected chi connectivity index (χ3v) is 3.58. The first-order valence-corrected chi connectivity index (χ1v) is 7.80. The van der Waals surface area contributed by atoms with Crippen LogP contribution in [0.2, 0.25) is 0 Å². The average Bonchev–Trinajstić information content (AvgIpc) is 2.45. The monoisotopic (exact) mass is 311 g/mol. The number of morpholine rings is 1. The highest BCUT2D eigenvalue weighted by molar-refractivity contribution is 6.18. The largest absolute Gasteiger partial charge is 0.491 e. The van der Waals surface area contributed by atoms with Crippen LogP contribution in [0.1, 0.15) is 31.1 Å². The molecule has 2 rings (SSSR count). The molecular formula is C16H22ClNO3. The number of halogens is 1. The average molecular weight is 312 g/mol. The predicted octanol–water partition coefficient (Wildman–Crippen LogP) is 2.94. The van der Waals surface area contributed by atoms with Gasteiger partial charge in [0.1, 0.15) is 5.75 Å². The molecule has 1 aromatic carbocycles. The highest BCUT2D eigenvalue weighted by atomic mass is 35.5. The number of carbonyl (C=O) groups is 1. The molecule has 1 saturated heterocycles. The molecule has 0 aliphatic carbocycles. The molecular weight excluding hydrogens is 290 g/mol. The van der Waals surface area contributed by atoms with E-state index >= 15 is 0 Å². The lowest BCUT2D eigenvalue weighted by atomic mass is 10.1. The van der Waals surface area contributed by atoms with Gasteiger partial charge < -0.3 is 14.4 Å². The van der Waals surface area contributed by atoms with Crippen LogP contribution in [0.5, 0.6) is 5.75 Å². The van der Waals surface area contributed by atoms with Crippen molar-refractivity contribution in [2.45, 2.75) is 39.1 Å². The third-order valence-electron chi connectivity index (χ3n) is 3.24. The van der Waals surface area contributed by atoms with E-state index in [9.17, 15) is 4.79 Å². The van der Waals surface area contributed by atoms with Crippen molar-refractivity contribution < 1.29 is 14.3 Å². The molecule has 1 fully saturated rings. The van der Waals surface area contributed by atoms with Gasteiger partial charge in [-0.3, -0.25) is 4.79 Å². The Kier molecular flexibility index (Phi) is 5.48. The van der Waals surface area contributed by atoms with Crippen LogP contribution in [0.4, 0.5) is 0 Å². The lowest BCUT2D eigenvalue weighted by molar-refractivity contribution is -0.0570. The number of nitrogens with zero attached hydrogens (tertiary/aromatic N) is 1. The molecule has 21 heavy (non-hydrogen) atoms. The molecule has 116 valence electrons. The molecule has 1 heterocycles. The van der Waals surface area contributed by atoms with E-state index in [1.807, 2.05) is 39.0 Å². The van der Waals surface area contributed by atoms with Crippen LogP contribution in [0.15, 0.2) is 24.3 Å². The minimum absolute atomic E-state index is 0.00143. The Morgan fingerprint density at radius 3 is 2.90 bits per heavy atom. The molecule has 2 unspecified atom stereocenters. The first kappa shape index (κ1) is 16.1. The second kappa shape index (κ2) is 7.14. The summed E-state index contributed by atoms with van der Waals surface area (Å²) < 4.78 is 11.3. The fourth-order valence-electron chi connectivity index (χ4n) is 2.45. The Balaban J connectivity index is 2.11. The van der Waals surface area contributed by atoms with Gasteiger partial charge in [0.25, 0.3) is 5.91 Å². The molecule has 1 aliphatic rings. The van der Waals surface area contributed by atoms with Gasteiger partial charge >= 0.3 is 0 Å². The maximum absolute atomic E-state index is 12.6. The zero-order valence-corrected chi connectivity index (χ0v) is 13.5. The van der Waals surface area contributed by atoms with Crippen LogP contribution in [0.25, 0.3) is 0 Å². The molecule has 5 heteroatoms. The van der Waals surface area contributed by atoms with Gasteiger partial charge in [-0.1, -0.05) is 6.07 Å². The maximum atomic E-state index is 12.6. The molecule has 0 bridgehead atoms. The van der Waals surface area contributed by atoms with Gasteiger partial charge in [-0.2, -0.15) is 0 Å². The van der Waals surface area contributed by atoms with Gasteiger partial charge in [0.05, 0.1) is 24.2 Å². The van der Waals surface area contributed by atoms with Crippen molar-refractivity contribution >= 4 is 17.5 Å². The fourth-order valence-corrected chi connectivity index (χ4v) is 2.62. The highest BCUT2D eigenvalue weighted by Gasteiger charge is 2.28. The zero-order valence-electron chi connectivity index (χ0n) is 12.7. The SMILES string of the molecule is CC(C)Oc1cccc(C(=O)N2CC(C)OC(CCl)C2)c1. The normalized spacial score (nSPS) is 22.4. The van der Waals surface area contributed by atoms with E-state index < -0.39 is 0 Å². The van der Waals surface area contributed by atoms with E-state index in [1.165, 1.54) is 0 Å². The first-order chi connectivity index (χ1) is 9.99. The Bertz CT molecular complexity index is 492. The summed E-state index contributed by atoms with van der Waals surface area (Å²) in [6, 6.07) is 7.30. The molecule has 0 radical (unpaired) electrons. The van der Waals surface area contributed by atoms with E-state index in [0.29, 0.717) is 30.3 Å². The second-order valence-corrected chi connectivity index (χ2v) is 5.94. The van der Waals surface area contributed by atoms with Gasteiger partial charge in [-0.25, -0.2) is 0 Å². The summed E-state index contributed by atoms with van der Waals surface area (Å²) in [6.45, 7) is 6.99. The van der Waals surface area contributed by atoms with Gasteiger partial charge in [0.2, 0.25) is 0 Å². The summed E-state index contributed by atoms with van der Waals surface area (Å²) in [4.78, 5) is 14.4. The number of ether oxygens (including phenoxy) is 2. The highest BCUT2D eigenvalue weighted by Crippen LogP contribution is 2.19. The Labute approximate surface area is 131 Å². The molecule has 1 amide bonds. The second-order valence-electron chi connectivity index (χ2n) is 5.63. The van der Waals surface area contributed by atoms with Crippen molar-refractivity contribution in [1.29, 1.82) is 0 Å². The molecule has 1 aliphatic heterocycles. The number of alkyl halides is 1. The van der Waals surface area contributed by atoms with E-state index in [-0.39, 0.29) is 24.2 Å². The fraction of sp³-hybridized carbons (Fsp3) is 0.562. The van der Waals surface area contributed by atoms with Crippen LogP contribution >= 0.6 is 11.6 Å². The molecule has 0 N–H and O–H groups in total. The van der Waals surface area contributed by atoms with Crippen LogP contribution in [-0.2, 0) is 4.74 Å². The Hall–Kier alpha value is -1.26. The van der Waals surface area contributed by atoms with Gasteiger partial charge in [0, 0.05) is 18.7 Å². The lowest BCUT2D eigenvalue weighted by Crippen LogP contribution is -2.49. The minimum atomic E-state index is -0.102. The summed E-state index contributed by atoms with van der Waals surface area (Å²) in [7, 11) is 0. The standard InChI is InChI=1S/C16H22ClNO3/c1-11(2)20-14-6-4-5-13(7-14)16(19)18-9-12(3)21-15(8-17)10-18/h4-7,11-12,15H,8-10H2,1-3H3. The number of benzene rings is 1. The number of hydrogen-bond acceptors (Lipinski definition) is 3. The van der Waals surface area contributed by atoms with E-state index in [2.05, 4.69) is 0 Å². The molecule has 1 aromatic rings.